The van der Waals surface area contributed by atoms with Crippen LogP contribution in [0.1, 0.15) is 10.4 Å². The Bertz CT molecular complexity index is 611. The number of nitrogens with zero attached hydrogens (tertiary/aromatic N) is 2. The van der Waals surface area contributed by atoms with E-state index in [1.807, 2.05) is 0 Å². The van der Waals surface area contributed by atoms with Crippen LogP contribution in [0.5, 0.6) is 0 Å². The van der Waals surface area contributed by atoms with Crippen LogP contribution in [-0.2, 0) is 11.3 Å². The van der Waals surface area contributed by atoms with E-state index in [1.165, 1.54) is 22.9 Å². The van der Waals surface area contributed by atoms with E-state index in [-0.39, 0.29) is 23.0 Å². The lowest BCUT2D eigenvalue weighted by atomic mass is 10.2. The summed E-state index contributed by atoms with van der Waals surface area (Å²) in [5.74, 6) is -1.39. The van der Waals surface area contributed by atoms with Gasteiger partial charge in [0.1, 0.15) is 6.54 Å². The Balaban J connectivity index is 2.05. The summed E-state index contributed by atoms with van der Waals surface area (Å²) in [4.78, 5) is 22.5. The fraction of sp³-hybridized carbons (Fsp3) is 0.0833. The number of carboxylic acids is 1. The predicted molar refractivity (Wildman–Crippen MR) is 69.3 cm³/mol. The first-order valence-corrected chi connectivity index (χ1v) is 5.74. The average Bonchev–Trinajstić information content (AvgIpc) is 2.81. The first-order chi connectivity index (χ1) is 9.06. The summed E-state index contributed by atoms with van der Waals surface area (Å²) in [5.41, 5.74) is 0.430. The summed E-state index contributed by atoms with van der Waals surface area (Å²) in [7, 11) is 0. The van der Waals surface area contributed by atoms with Gasteiger partial charge in [-0.1, -0.05) is 11.6 Å². The van der Waals surface area contributed by atoms with Gasteiger partial charge in [-0.25, -0.2) is 4.79 Å². The molecule has 1 aromatic heterocycles. The molecule has 2 N–H and O–H groups in total. The van der Waals surface area contributed by atoms with Crippen LogP contribution in [0.3, 0.4) is 0 Å². The molecule has 0 bridgehead atoms. The van der Waals surface area contributed by atoms with Gasteiger partial charge in [-0.05, 0) is 24.3 Å². The number of aromatic nitrogens is 2. The van der Waals surface area contributed by atoms with Crippen molar-refractivity contribution < 1.29 is 14.7 Å². The molecule has 0 aliphatic heterocycles. The summed E-state index contributed by atoms with van der Waals surface area (Å²) >= 11 is 5.80. The fourth-order valence-electron chi connectivity index (χ4n) is 1.51. The summed E-state index contributed by atoms with van der Waals surface area (Å²) < 4.78 is 1.47. The molecule has 0 spiro atoms. The minimum Gasteiger partial charge on any atom is -0.478 e. The van der Waals surface area contributed by atoms with Gasteiger partial charge < -0.3 is 10.4 Å². The van der Waals surface area contributed by atoms with Crippen molar-refractivity contribution in [2.75, 3.05) is 5.32 Å². The average molecular weight is 280 g/mol. The van der Waals surface area contributed by atoms with Crippen LogP contribution < -0.4 is 5.32 Å². The smallest absolute Gasteiger partial charge is 0.337 e. The third-order valence-electron chi connectivity index (χ3n) is 2.35. The first-order valence-electron chi connectivity index (χ1n) is 5.36. The van der Waals surface area contributed by atoms with Gasteiger partial charge in [0.05, 0.1) is 10.6 Å². The van der Waals surface area contributed by atoms with E-state index in [9.17, 15) is 9.59 Å². The zero-order chi connectivity index (χ0) is 13.8. The molecule has 2 rings (SSSR count). The van der Waals surface area contributed by atoms with E-state index in [4.69, 9.17) is 16.7 Å². The normalized spacial score (nSPS) is 10.2. The van der Waals surface area contributed by atoms with E-state index in [1.54, 1.807) is 18.5 Å². The van der Waals surface area contributed by atoms with Gasteiger partial charge in [-0.2, -0.15) is 5.10 Å². The third-order valence-corrected chi connectivity index (χ3v) is 2.66. The van der Waals surface area contributed by atoms with Gasteiger partial charge >= 0.3 is 5.97 Å². The van der Waals surface area contributed by atoms with E-state index in [0.717, 1.165) is 0 Å². The molecule has 0 saturated heterocycles. The van der Waals surface area contributed by atoms with Crippen LogP contribution in [0.15, 0.2) is 36.7 Å². The second-order valence-corrected chi connectivity index (χ2v) is 4.16. The first kappa shape index (κ1) is 13.1. The lowest BCUT2D eigenvalue weighted by Gasteiger charge is -2.07. The van der Waals surface area contributed by atoms with Crippen molar-refractivity contribution in [1.29, 1.82) is 0 Å². The minimum atomic E-state index is -1.11. The third kappa shape index (κ3) is 3.32. The largest absolute Gasteiger partial charge is 0.478 e. The molecule has 0 radical (unpaired) electrons. The SMILES string of the molecule is O=C(Cn1cccn1)Nc1ccc(C(=O)O)c(Cl)c1. The Morgan fingerprint density at radius 3 is 2.79 bits per heavy atom. The molecule has 1 heterocycles. The molecule has 19 heavy (non-hydrogen) atoms. The van der Waals surface area contributed by atoms with Crippen molar-refractivity contribution in [2.24, 2.45) is 0 Å². The number of hydrogen-bond acceptors (Lipinski definition) is 3. The van der Waals surface area contributed by atoms with Crippen LogP contribution in [0.25, 0.3) is 0 Å². The van der Waals surface area contributed by atoms with Gasteiger partial charge in [-0.15, -0.1) is 0 Å². The molecule has 0 aliphatic rings. The number of carboxylic acid groups (broad SMARTS) is 1. The summed E-state index contributed by atoms with van der Waals surface area (Å²) in [6, 6.07) is 5.93. The molecule has 7 heteroatoms. The molecular formula is C12H10ClN3O3. The number of benzene rings is 1. The molecule has 2 aromatic rings. The molecule has 0 aliphatic carbocycles. The van der Waals surface area contributed by atoms with E-state index in [2.05, 4.69) is 10.4 Å². The monoisotopic (exact) mass is 279 g/mol. The predicted octanol–water partition coefficient (Wildman–Crippen LogP) is 1.87. The van der Waals surface area contributed by atoms with Crippen LogP contribution in [0.2, 0.25) is 5.02 Å². The number of aromatic carboxylic acids is 1. The summed E-state index contributed by atoms with van der Waals surface area (Å²) in [5, 5.41) is 15.4. The van der Waals surface area contributed by atoms with Gasteiger partial charge in [-0.3, -0.25) is 9.48 Å². The molecule has 6 nitrogen and oxygen atoms in total. The maximum Gasteiger partial charge on any atom is 0.337 e. The standard InChI is InChI=1S/C12H10ClN3O3/c13-10-6-8(2-3-9(10)12(18)19)15-11(17)7-16-5-1-4-14-16/h1-6H,7H2,(H,15,17)(H,18,19). The number of carbonyl (C=O) groups excluding carboxylic acids is 1. The fourth-order valence-corrected chi connectivity index (χ4v) is 1.77. The molecule has 1 amide bonds. The van der Waals surface area contributed by atoms with Crippen molar-refractivity contribution in [3.8, 4) is 0 Å². The number of amides is 1. The van der Waals surface area contributed by atoms with Crippen molar-refractivity contribution in [1.82, 2.24) is 9.78 Å². The Morgan fingerprint density at radius 1 is 1.42 bits per heavy atom. The number of anilines is 1. The maximum absolute atomic E-state index is 11.7. The van der Waals surface area contributed by atoms with E-state index < -0.39 is 5.97 Å². The number of carbonyl (C=O) groups is 2. The highest BCUT2D eigenvalue weighted by molar-refractivity contribution is 6.33. The highest BCUT2D eigenvalue weighted by Gasteiger charge is 2.10. The highest BCUT2D eigenvalue weighted by Crippen LogP contribution is 2.20. The Hall–Kier alpha value is -2.34. The zero-order valence-electron chi connectivity index (χ0n) is 9.71. The molecule has 1 aromatic carbocycles. The topological polar surface area (TPSA) is 84.2 Å². The molecule has 98 valence electrons. The molecule has 0 atom stereocenters. The van der Waals surface area contributed by atoms with Gasteiger partial charge in [0.15, 0.2) is 0 Å². The minimum absolute atomic E-state index is 0.00765. The lowest BCUT2D eigenvalue weighted by Crippen LogP contribution is -2.19. The number of halogens is 1. The van der Waals surface area contributed by atoms with Crippen molar-refractivity contribution in [3.63, 3.8) is 0 Å². The number of rotatable bonds is 4. The van der Waals surface area contributed by atoms with Crippen LogP contribution in [-0.4, -0.2) is 26.8 Å². The van der Waals surface area contributed by atoms with Crippen molar-refractivity contribution in [2.45, 2.75) is 6.54 Å². The van der Waals surface area contributed by atoms with Crippen LogP contribution in [0.4, 0.5) is 5.69 Å². The van der Waals surface area contributed by atoms with Crippen molar-refractivity contribution >= 4 is 29.2 Å². The van der Waals surface area contributed by atoms with E-state index >= 15 is 0 Å². The van der Waals surface area contributed by atoms with Crippen LogP contribution in [0, 0.1) is 0 Å². The lowest BCUT2D eigenvalue weighted by molar-refractivity contribution is -0.116. The molecule has 0 saturated carbocycles. The number of hydrogen-bond donors (Lipinski definition) is 2. The summed E-state index contributed by atoms with van der Waals surface area (Å²) in [6.45, 7) is 0.0747. The Morgan fingerprint density at radius 2 is 2.21 bits per heavy atom. The highest BCUT2D eigenvalue weighted by atomic mass is 35.5. The second-order valence-electron chi connectivity index (χ2n) is 3.75. The van der Waals surface area contributed by atoms with Gasteiger partial charge in [0.25, 0.3) is 0 Å². The quantitative estimate of drug-likeness (QED) is 0.895. The summed E-state index contributed by atoms with van der Waals surface area (Å²) in [6.07, 6.45) is 3.24. The Labute approximate surface area is 113 Å². The molecule has 0 fully saturated rings. The zero-order valence-corrected chi connectivity index (χ0v) is 10.5. The van der Waals surface area contributed by atoms with Gasteiger partial charge in [0.2, 0.25) is 5.91 Å². The van der Waals surface area contributed by atoms with Crippen molar-refractivity contribution in [3.05, 3.63) is 47.2 Å². The van der Waals surface area contributed by atoms with Gasteiger partial charge in [0, 0.05) is 18.1 Å². The van der Waals surface area contributed by atoms with E-state index in [0.29, 0.717) is 5.69 Å². The second kappa shape index (κ2) is 5.53. The maximum atomic E-state index is 11.7. The van der Waals surface area contributed by atoms with Crippen LogP contribution >= 0.6 is 11.6 Å². The molecule has 0 unspecified atom stereocenters. The Kier molecular flexibility index (Phi) is 3.82. The molecular weight excluding hydrogens is 270 g/mol. The number of nitrogens with one attached hydrogen (secondary N) is 1.